The monoisotopic (exact) mass is 358 g/mol. The van der Waals surface area contributed by atoms with Crippen LogP contribution in [0, 0.1) is 0 Å². The molecule has 5 heteroatoms. The van der Waals surface area contributed by atoms with Crippen LogP contribution >= 0.6 is 0 Å². The van der Waals surface area contributed by atoms with Crippen LogP contribution < -0.4 is 5.32 Å². The van der Waals surface area contributed by atoms with Gasteiger partial charge in [0, 0.05) is 6.54 Å². The first kappa shape index (κ1) is 18.9. The number of carbonyl (C=O) groups excluding carboxylic acids is 1. The summed E-state index contributed by atoms with van der Waals surface area (Å²) >= 11 is 0. The topological polar surface area (TPSA) is 69.6 Å². The highest BCUT2D eigenvalue weighted by molar-refractivity contribution is 5.83. The zero-order valence-electron chi connectivity index (χ0n) is 15.5. The smallest absolute Gasteiger partial charge is 0.305 e. The molecule has 2 fully saturated rings. The number of rotatable bonds is 6. The summed E-state index contributed by atoms with van der Waals surface area (Å²) in [5, 5.41) is 12.5. The summed E-state index contributed by atoms with van der Waals surface area (Å²) in [4.78, 5) is 26.7. The molecule has 1 aromatic carbocycles. The van der Waals surface area contributed by atoms with Gasteiger partial charge >= 0.3 is 5.97 Å². The average molecular weight is 358 g/mol. The van der Waals surface area contributed by atoms with E-state index in [0.717, 1.165) is 64.5 Å². The third kappa shape index (κ3) is 4.85. The summed E-state index contributed by atoms with van der Waals surface area (Å²) in [6.45, 7) is 1.68. The minimum atomic E-state index is -0.822. The Hall–Kier alpha value is -1.88. The summed E-state index contributed by atoms with van der Waals surface area (Å²) in [5.41, 5.74) is 0.655. The lowest BCUT2D eigenvalue weighted by Crippen LogP contribution is -2.57. The Balaban J connectivity index is 1.69. The number of piperidine rings is 1. The molecule has 0 bridgehead atoms. The predicted octanol–water partition coefficient (Wildman–Crippen LogP) is 3.33. The fraction of sp³-hybridized carbons (Fsp3) is 0.619. The van der Waals surface area contributed by atoms with E-state index in [1.165, 1.54) is 5.56 Å². The minimum Gasteiger partial charge on any atom is -0.481 e. The van der Waals surface area contributed by atoms with Gasteiger partial charge in [-0.3, -0.25) is 14.5 Å². The standard InChI is InChI=1S/C21H30N2O3/c24-19(25)15-21(12-6-2-7-13-21)22-20(26)18-11-5-8-14-23(18)16-17-9-3-1-4-10-17/h1,3-4,9-10,18H,2,5-8,11-16H2,(H,22,26)(H,24,25)/t18-/m0/s1. The Bertz CT molecular complexity index is 611. The van der Waals surface area contributed by atoms with Crippen molar-refractivity contribution in [2.45, 2.75) is 75.9 Å². The summed E-state index contributed by atoms with van der Waals surface area (Å²) in [6, 6.07) is 10.1. The molecule has 1 aromatic rings. The molecule has 0 radical (unpaired) electrons. The molecular formula is C21H30N2O3. The van der Waals surface area contributed by atoms with E-state index < -0.39 is 11.5 Å². The molecule has 1 atom stereocenters. The van der Waals surface area contributed by atoms with Crippen molar-refractivity contribution in [3.05, 3.63) is 35.9 Å². The number of carbonyl (C=O) groups is 2. The van der Waals surface area contributed by atoms with Crippen LogP contribution in [0.1, 0.15) is 63.4 Å². The molecule has 0 unspecified atom stereocenters. The molecule has 3 rings (SSSR count). The van der Waals surface area contributed by atoms with E-state index in [1.807, 2.05) is 18.2 Å². The van der Waals surface area contributed by atoms with Crippen molar-refractivity contribution >= 4 is 11.9 Å². The fourth-order valence-electron chi connectivity index (χ4n) is 4.50. The van der Waals surface area contributed by atoms with E-state index in [0.29, 0.717) is 0 Å². The minimum absolute atomic E-state index is 0.0174. The van der Waals surface area contributed by atoms with E-state index >= 15 is 0 Å². The Morgan fingerprint density at radius 3 is 2.50 bits per heavy atom. The van der Waals surface area contributed by atoms with Crippen molar-refractivity contribution in [1.29, 1.82) is 0 Å². The van der Waals surface area contributed by atoms with Gasteiger partial charge in [-0.1, -0.05) is 56.0 Å². The summed E-state index contributed by atoms with van der Waals surface area (Å²) < 4.78 is 0. The highest BCUT2D eigenvalue weighted by Gasteiger charge is 2.39. The van der Waals surface area contributed by atoms with Crippen LogP contribution in [-0.4, -0.2) is 40.0 Å². The lowest BCUT2D eigenvalue weighted by atomic mass is 9.79. The molecule has 2 N–H and O–H groups in total. The normalized spacial score (nSPS) is 23.3. The van der Waals surface area contributed by atoms with Gasteiger partial charge in [-0.2, -0.15) is 0 Å². The number of carboxylic acids is 1. The number of carboxylic acid groups (broad SMARTS) is 1. The van der Waals surface area contributed by atoms with Crippen LogP contribution in [0.3, 0.4) is 0 Å². The maximum Gasteiger partial charge on any atom is 0.305 e. The molecular weight excluding hydrogens is 328 g/mol. The zero-order chi connectivity index (χ0) is 18.4. The van der Waals surface area contributed by atoms with Crippen molar-refractivity contribution in [3.8, 4) is 0 Å². The molecule has 1 aliphatic heterocycles. The van der Waals surface area contributed by atoms with Crippen molar-refractivity contribution in [2.24, 2.45) is 0 Å². The molecule has 1 amide bonds. The third-order valence-corrected chi connectivity index (χ3v) is 5.83. The van der Waals surface area contributed by atoms with E-state index in [2.05, 4.69) is 22.3 Å². The van der Waals surface area contributed by atoms with Crippen LogP contribution in [0.15, 0.2) is 30.3 Å². The molecule has 0 spiro atoms. The van der Waals surface area contributed by atoms with Gasteiger partial charge in [-0.05, 0) is 37.8 Å². The van der Waals surface area contributed by atoms with Crippen molar-refractivity contribution < 1.29 is 14.7 Å². The quantitative estimate of drug-likeness (QED) is 0.818. The first-order chi connectivity index (χ1) is 12.6. The predicted molar refractivity (Wildman–Crippen MR) is 101 cm³/mol. The third-order valence-electron chi connectivity index (χ3n) is 5.83. The second-order valence-electron chi connectivity index (χ2n) is 7.87. The second kappa shape index (κ2) is 8.67. The van der Waals surface area contributed by atoms with Gasteiger partial charge in [0.1, 0.15) is 0 Å². The number of nitrogens with one attached hydrogen (secondary N) is 1. The molecule has 2 aliphatic rings. The number of amides is 1. The number of aliphatic carboxylic acids is 1. The van der Waals surface area contributed by atoms with Crippen molar-refractivity contribution in [2.75, 3.05) is 6.54 Å². The number of nitrogens with zero attached hydrogens (tertiary/aromatic N) is 1. The molecule has 1 heterocycles. The Morgan fingerprint density at radius 1 is 1.08 bits per heavy atom. The first-order valence-electron chi connectivity index (χ1n) is 9.90. The van der Waals surface area contributed by atoms with E-state index in [9.17, 15) is 14.7 Å². The van der Waals surface area contributed by atoms with Gasteiger partial charge in [-0.25, -0.2) is 0 Å². The van der Waals surface area contributed by atoms with Crippen LogP contribution in [0.4, 0.5) is 0 Å². The second-order valence-corrected chi connectivity index (χ2v) is 7.87. The van der Waals surface area contributed by atoms with Crippen LogP contribution in [0.25, 0.3) is 0 Å². The van der Waals surface area contributed by atoms with Gasteiger partial charge in [0.2, 0.25) is 5.91 Å². The molecule has 26 heavy (non-hydrogen) atoms. The Morgan fingerprint density at radius 2 is 1.81 bits per heavy atom. The number of benzene rings is 1. The average Bonchev–Trinajstić information content (AvgIpc) is 2.63. The molecule has 1 saturated heterocycles. The van der Waals surface area contributed by atoms with Crippen LogP contribution in [0.2, 0.25) is 0 Å². The highest BCUT2D eigenvalue weighted by Crippen LogP contribution is 2.32. The van der Waals surface area contributed by atoms with Crippen LogP contribution in [-0.2, 0) is 16.1 Å². The van der Waals surface area contributed by atoms with Gasteiger partial charge in [0.05, 0.1) is 18.0 Å². The summed E-state index contributed by atoms with van der Waals surface area (Å²) in [6.07, 6.45) is 7.70. The van der Waals surface area contributed by atoms with Gasteiger partial charge in [-0.15, -0.1) is 0 Å². The largest absolute Gasteiger partial charge is 0.481 e. The zero-order valence-corrected chi connectivity index (χ0v) is 15.5. The maximum absolute atomic E-state index is 13.1. The number of hydrogen-bond donors (Lipinski definition) is 2. The Labute approximate surface area is 155 Å². The van der Waals surface area contributed by atoms with Gasteiger partial charge in [0.15, 0.2) is 0 Å². The number of hydrogen-bond acceptors (Lipinski definition) is 3. The van der Waals surface area contributed by atoms with E-state index in [-0.39, 0.29) is 18.4 Å². The molecule has 1 aliphatic carbocycles. The lowest BCUT2D eigenvalue weighted by molar-refractivity contribution is -0.140. The Kier molecular flexibility index (Phi) is 6.30. The van der Waals surface area contributed by atoms with E-state index in [1.54, 1.807) is 0 Å². The first-order valence-corrected chi connectivity index (χ1v) is 9.90. The molecule has 1 saturated carbocycles. The van der Waals surface area contributed by atoms with Crippen molar-refractivity contribution in [1.82, 2.24) is 10.2 Å². The SMILES string of the molecule is O=C(O)CC1(NC(=O)[C@@H]2CCCCN2Cc2ccccc2)CCCCC1. The molecule has 0 aromatic heterocycles. The highest BCUT2D eigenvalue weighted by atomic mass is 16.4. The van der Waals surface area contributed by atoms with Gasteiger partial charge < -0.3 is 10.4 Å². The van der Waals surface area contributed by atoms with E-state index in [4.69, 9.17) is 0 Å². The van der Waals surface area contributed by atoms with Crippen molar-refractivity contribution in [3.63, 3.8) is 0 Å². The van der Waals surface area contributed by atoms with Gasteiger partial charge in [0.25, 0.3) is 0 Å². The summed E-state index contributed by atoms with van der Waals surface area (Å²) in [5.74, 6) is -0.805. The fourth-order valence-corrected chi connectivity index (χ4v) is 4.50. The summed E-state index contributed by atoms with van der Waals surface area (Å²) in [7, 11) is 0. The number of likely N-dealkylation sites (tertiary alicyclic amines) is 1. The maximum atomic E-state index is 13.1. The molecule has 142 valence electrons. The lowest BCUT2D eigenvalue weighted by Gasteiger charge is -2.41. The van der Waals surface area contributed by atoms with Crippen LogP contribution in [0.5, 0.6) is 0 Å². The molecule has 5 nitrogen and oxygen atoms in total.